The average molecular weight is 542 g/mol. The van der Waals surface area contributed by atoms with Crippen LogP contribution in [0.15, 0.2) is 16.5 Å². The number of rotatable bonds is 13. The van der Waals surface area contributed by atoms with Crippen LogP contribution in [0.2, 0.25) is 0 Å². The number of unbranched alkanes of at least 4 members (excludes halogenated alkanes) is 1. The Morgan fingerprint density at radius 3 is 2.53 bits per heavy atom. The maximum absolute atomic E-state index is 14.9. The van der Waals surface area contributed by atoms with E-state index in [0.29, 0.717) is 43.5 Å². The molecule has 210 valence electrons. The third-order valence-corrected chi connectivity index (χ3v) is 7.06. The van der Waals surface area contributed by atoms with Gasteiger partial charge in [-0.15, -0.1) is 0 Å². The van der Waals surface area contributed by atoms with E-state index >= 15 is 0 Å². The van der Waals surface area contributed by atoms with Gasteiger partial charge >= 0.3 is 6.18 Å². The molecule has 1 aromatic heterocycles. The molecule has 11 heteroatoms. The van der Waals surface area contributed by atoms with Crippen LogP contribution in [0.1, 0.15) is 67.3 Å². The number of amides is 1. The molecule has 0 saturated heterocycles. The summed E-state index contributed by atoms with van der Waals surface area (Å²) >= 11 is 0. The minimum absolute atomic E-state index is 0.0228. The zero-order valence-electron chi connectivity index (χ0n) is 22.0. The van der Waals surface area contributed by atoms with Crippen LogP contribution in [0.4, 0.5) is 29.3 Å². The molecule has 7 nitrogen and oxygen atoms in total. The Balaban J connectivity index is 1.52. The fourth-order valence-electron chi connectivity index (χ4n) is 5.07. The van der Waals surface area contributed by atoms with Crippen LogP contribution in [0.3, 0.4) is 0 Å². The molecule has 2 aliphatic carbocycles. The number of aryl methyl sites for hydroxylation is 1. The van der Waals surface area contributed by atoms with E-state index in [9.17, 15) is 22.4 Å². The van der Waals surface area contributed by atoms with Crippen molar-refractivity contribution in [2.45, 2.75) is 71.1 Å². The first-order valence-corrected chi connectivity index (χ1v) is 13.2. The van der Waals surface area contributed by atoms with Crippen molar-refractivity contribution in [1.82, 2.24) is 4.98 Å². The second-order valence-electron chi connectivity index (χ2n) is 10.3. The molecule has 2 aliphatic rings. The number of fused-ring (bicyclic) bond motifs is 1. The number of halogens is 4. The van der Waals surface area contributed by atoms with Crippen LogP contribution in [-0.2, 0) is 11.2 Å². The Hall–Kier alpha value is -2.82. The first kappa shape index (κ1) is 28.2. The summed E-state index contributed by atoms with van der Waals surface area (Å²) in [5.41, 5.74) is 0.104. The van der Waals surface area contributed by atoms with Gasteiger partial charge in [0.05, 0.1) is 6.10 Å². The minimum Gasteiger partial charge on any atom is -0.487 e. The van der Waals surface area contributed by atoms with Gasteiger partial charge in [-0.3, -0.25) is 4.79 Å². The molecule has 2 saturated carbocycles. The van der Waals surface area contributed by atoms with Gasteiger partial charge in [-0.1, -0.05) is 13.3 Å². The van der Waals surface area contributed by atoms with Gasteiger partial charge in [-0.2, -0.15) is 18.2 Å². The van der Waals surface area contributed by atoms with Crippen molar-refractivity contribution >= 4 is 17.6 Å². The van der Waals surface area contributed by atoms with Crippen molar-refractivity contribution in [2.75, 3.05) is 37.0 Å². The molecule has 0 spiro atoms. The molecule has 2 unspecified atom stereocenters. The Kier molecular flexibility index (Phi) is 8.85. The number of hydrogen-bond acceptors (Lipinski definition) is 6. The zero-order valence-corrected chi connectivity index (χ0v) is 22.0. The van der Waals surface area contributed by atoms with Crippen LogP contribution in [0.5, 0.6) is 5.75 Å². The van der Waals surface area contributed by atoms with Gasteiger partial charge < -0.3 is 24.1 Å². The SMILES string of the molecule is CCCCN(CCCOC)c1nc(C(=O)Nc2cc(C)c(OC3CC4C[C@H]4C3)c(F)c2)c(CC(F)(F)F)o1. The number of methoxy groups -OCH3 is 1. The largest absolute Gasteiger partial charge is 0.487 e. The Bertz CT molecular complexity index is 1090. The summed E-state index contributed by atoms with van der Waals surface area (Å²) in [7, 11) is 1.56. The first-order chi connectivity index (χ1) is 18.1. The normalized spacial score (nSPS) is 20.3. The Morgan fingerprint density at radius 1 is 1.18 bits per heavy atom. The molecule has 2 fully saturated rings. The summed E-state index contributed by atoms with van der Waals surface area (Å²) in [5, 5.41) is 2.49. The predicted octanol–water partition coefficient (Wildman–Crippen LogP) is 6.30. The minimum atomic E-state index is -4.61. The van der Waals surface area contributed by atoms with Gasteiger partial charge in [0, 0.05) is 38.6 Å². The number of aromatic nitrogens is 1. The van der Waals surface area contributed by atoms with Gasteiger partial charge in [-0.25, -0.2) is 4.39 Å². The number of hydrogen-bond donors (Lipinski definition) is 1. The van der Waals surface area contributed by atoms with Crippen LogP contribution in [0.25, 0.3) is 0 Å². The summed E-state index contributed by atoms with van der Waals surface area (Å²) in [4.78, 5) is 18.9. The van der Waals surface area contributed by atoms with Crippen molar-refractivity contribution in [3.8, 4) is 5.75 Å². The third kappa shape index (κ3) is 7.18. The lowest BCUT2D eigenvalue weighted by Gasteiger charge is -2.20. The summed E-state index contributed by atoms with van der Waals surface area (Å²) in [6.07, 6.45) is -0.810. The third-order valence-electron chi connectivity index (χ3n) is 7.06. The molecular formula is C27H35F4N3O4. The lowest BCUT2D eigenvalue weighted by atomic mass is 10.1. The van der Waals surface area contributed by atoms with E-state index in [1.807, 2.05) is 6.92 Å². The molecule has 1 heterocycles. The summed E-state index contributed by atoms with van der Waals surface area (Å²) < 4.78 is 71.3. The lowest BCUT2D eigenvalue weighted by molar-refractivity contribution is -0.130. The molecular weight excluding hydrogens is 506 g/mol. The summed E-state index contributed by atoms with van der Waals surface area (Å²) in [6.45, 7) is 5.05. The summed E-state index contributed by atoms with van der Waals surface area (Å²) in [6, 6.07) is 2.59. The smallest absolute Gasteiger partial charge is 0.396 e. The van der Waals surface area contributed by atoms with Gasteiger partial charge in [-0.05, 0) is 62.5 Å². The van der Waals surface area contributed by atoms with Crippen LogP contribution in [-0.4, -0.2) is 50.0 Å². The number of carbonyl (C=O) groups is 1. The highest BCUT2D eigenvalue weighted by atomic mass is 19.4. The highest BCUT2D eigenvalue weighted by molar-refractivity contribution is 6.04. The maximum atomic E-state index is 14.9. The Morgan fingerprint density at radius 2 is 1.89 bits per heavy atom. The molecule has 0 radical (unpaired) electrons. The molecule has 0 aliphatic heterocycles. The number of anilines is 2. The number of oxazole rings is 1. The fourth-order valence-corrected chi connectivity index (χ4v) is 5.07. The summed E-state index contributed by atoms with van der Waals surface area (Å²) in [5.74, 6) is -0.638. The number of nitrogens with one attached hydrogen (secondary N) is 1. The highest BCUT2D eigenvalue weighted by Crippen LogP contribution is 2.52. The number of ether oxygens (including phenoxy) is 2. The number of carbonyl (C=O) groups excluding carboxylic acids is 1. The van der Waals surface area contributed by atoms with Crippen molar-refractivity contribution in [3.63, 3.8) is 0 Å². The topological polar surface area (TPSA) is 76.8 Å². The molecule has 1 N–H and O–H groups in total. The second kappa shape index (κ2) is 11.9. The maximum Gasteiger partial charge on any atom is 0.396 e. The van der Waals surface area contributed by atoms with Crippen molar-refractivity contribution in [3.05, 3.63) is 35.0 Å². The average Bonchev–Trinajstić information content (AvgIpc) is 3.24. The van der Waals surface area contributed by atoms with Gasteiger partial charge in [0.1, 0.15) is 12.2 Å². The van der Waals surface area contributed by atoms with Crippen molar-refractivity contribution < 1.29 is 36.2 Å². The van der Waals surface area contributed by atoms with Gasteiger partial charge in [0.2, 0.25) is 0 Å². The highest BCUT2D eigenvalue weighted by Gasteiger charge is 2.47. The molecule has 1 amide bonds. The van der Waals surface area contributed by atoms with Crippen LogP contribution in [0, 0.1) is 24.6 Å². The van der Waals surface area contributed by atoms with Gasteiger partial charge in [0.15, 0.2) is 17.3 Å². The van der Waals surface area contributed by atoms with E-state index in [2.05, 4.69) is 10.3 Å². The van der Waals surface area contributed by atoms with E-state index in [1.54, 1.807) is 18.9 Å². The monoisotopic (exact) mass is 541 g/mol. The van der Waals surface area contributed by atoms with Crippen molar-refractivity contribution in [2.24, 2.45) is 11.8 Å². The number of benzene rings is 1. The molecule has 0 bridgehead atoms. The van der Waals surface area contributed by atoms with E-state index in [-0.39, 0.29) is 23.6 Å². The quantitative estimate of drug-likeness (QED) is 0.237. The van der Waals surface area contributed by atoms with E-state index in [4.69, 9.17) is 13.9 Å². The molecule has 2 aromatic rings. The standard InChI is InChI=1S/C27H35F4N3O4/c1-4-5-7-34(8-6-9-36-3)26-33-23(22(38-26)15-27(29,30)31)25(35)32-19-10-16(2)24(21(28)14-19)37-20-12-17-11-18(17)13-20/h10,14,17-18,20H,4-9,11-13,15H2,1-3H3,(H,32,35)/t17-,18?,20?/m0/s1. The van der Waals surface area contributed by atoms with Crippen LogP contribution >= 0.6 is 0 Å². The van der Waals surface area contributed by atoms with Crippen LogP contribution < -0.4 is 15.0 Å². The Labute approximate surface area is 219 Å². The predicted molar refractivity (Wildman–Crippen MR) is 134 cm³/mol. The first-order valence-electron chi connectivity index (χ1n) is 13.2. The molecule has 3 atom stereocenters. The molecule has 38 heavy (non-hydrogen) atoms. The van der Waals surface area contributed by atoms with E-state index in [1.165, 1.54) is 12.5 Å². The molecule has 1 aromatic carbocycles. The molecule has 4 rings (SSSR count). The van der Waals surface area contributed by atoms with E-state index in [0.717, 1.165) is 31.7 Å². The number of alkyl halides is 3. The van der Waals surface area contributed by atoms with Gasteiger partial charge in [0.25, 0.3) is 11.9 Å². The van der Waals surface area contributed by atoms with E-state index < -0.39 is 35.8 Å². The van der Waals surface area contributed by atoms with Crippen molar-refractivity contribution in [1.29, 1.82) is 0 Å². The lowest BCUT2D eigenvalue weighted by Crippen LogP contribution is -2.27. The zero-order chi connectivity index (χ0) is 27.4. The second-order valence-corrected chi connectivity index (χ2v) is 10.3. The fraction of sp³-hybridized carbons (Fsp3) is 0.630. The number of nitrogens with zero attached hydrogens (tertiary/aromatic N) is 2.